The quantitative estimate of drug-likeness (QED) is 0.388. The lowest BCUT2D eigenvalue weighted by atomic mass is 10.1. The van der Waals surface area contributed by atoms with Crippen LogP contribution in [0.15, 0.2) is 71.6 Å². The third kappa shape index (κ3) is 5.78. The molecule has 0 spiro atoms. The van der Waals surface area contributed by atoms with E-state index in [0.29, 0.717) is 0 Å². The van der Waals surface area contributed by atoms with Gasteiger partial charge in [0.1, 0.15) is 11.5 Å². The summed E-state index contributed by atoms with van der Waals surface area (Å²) in [6.07, 6.45) is -4.51. The second-order valence-electron chi connectivity index (χ2n) is 7.93. The fraction of sp³-hybridized carbons (Fsp3) is 0.208. The number of halogens is 5. The largest absolute Gasteiger partial charge is 0.457 e. The van der Waals surface area contributed by atoms with Crippen molar-refractivity contribution < 1.29 is 31.1 Å². The molecule has 0 aliphatic carbocycles. The summed E-state index contributed by atoms with van der Waals surface area (Å²) in [4.78, 5) is 14.5. The van der Waals surface area contributed by atoms with E-state index in [2.05, 4.69) is 0 Å². The number of sulfonamides is 1. The monoisotopic (exact) mass is 558 g/mol. The molecule has 190 valence electrons. The van der Waals surface area contributed by atoms with E-state index >= 15 is 0 Å². The van der Waals surface area contributed by atoms with Gasteiger partial charge in [0.15, 0.2) is 0 Å². The number of hydrogen-bond acceptors (Lipinski definition) is 4. The lowest BCUT2D eigenvalue weighted by molar-refractivity contribution is -0.137. The first-order valence-corrected chi connectivity index (χ1v) is 12.8. The van der Waals surface area contributed by atoms with Gasteiger partial charge in [0.2, 0.25) is 10.0 Å². The van der Waals surface area contributed by atoms with Gasteiger partial charge in [-0.05, 0) is 54.6 Å². The minimum absolute atomic E-state index is 0.0103. The fourth-order valence-electron chi connectivity index (χ4n) is 3.67. The van der Waals surface area contributed by atoms with Gasteiger partial charge in [-0.2, -0.15) is 17.5 Å². The molecule has 1 aliphatic rings. The molecule has 36 heavy (non-hydrogen) atoms. The van der Waals surface area contributed by atoms with Gasteiger partial charge in [-0.15, -0.1) is 0 Å². The van der Waals surface area contributed by atoms with Crippen LogP contribution < -0.4 is 4.74 Å². The minimum atomic E-state index is -4.51. The molecule has 1 fully saturated rings. The van der Waals surface area contributed by atoms with Gasteiger partial charge in [0, 0.05) is 31.7 Å². The van der Waals surface area contributed by atoms with Crippen LogP contribution in [0.3, 0.4) is 0 Å². The SMILES string of the molecule is O=C(c1cccc(Oc2cccc(C(F)(F)F)c2)c1)N1CCN(S(=O)(=O)c2ccc(Cl)c(Cl)c2)CC1. The first-order valence-electron chi connectivity index (χ1n) is 10.6. The Kier molecular flexibility index (Phi) is 7.51. The highest BCUT2D eigenvalue weighted by molar-refractivity contribution is 7.89. The maximum atomic E-state index is 13.0. The van der Waals surface area contributed by atoms with Gasteiger partial charge < -0.3 is 9.64 Å². The van der Waals surface area contributed by atoms with E-state index in [1.165, 1.54) is 51.7 Å². The number of carbonyl (C=O) groups excluding carboxylic acids is 1. The molecule has 0 N–H and O–H groups in total. The molecular weight excluding hydrogens is 540 g/mol. The zero-order chi connectivity index (χ0) is 26.1. The molecule has 4 rings (SSSR count). The van der Waals surface area contributed by atoms with Crippen LogP contribution in [0.4, 0.5) is 13.2 Å². The zero-order valence-electron chi connectivity index (χ0n) is 18.5. The average Bonchev–Trinajstić information content (AvgIpc) is 2.85. The number of nitrogens with zero attached hydrogens (tertiary/aromatic N) is 2. The second-order valence-corrected chi connectivity index (χ2v) is 10.7. The topological polar surface area (TPSA) is 66.9 Å². The summed E-state index contributed by atoms with van der Waals surface area (Å²) in [5, 5.41) is 0.365. The van der Waals surface area contributed by atoms with E-state index in [1.54, 1.807) is 12.1 Å². The van der Waals surface area contributed by atoms with Crippen molar-refractivity contribution in [1.82, 2.24) is 9.21 Å². The Morgan fingerprint density at radius 2 is 1.47 bits per heavy atom. The van der Waals surface area contributed by atoms with Crippen LogP contribution in [0.5, 0.6) is 11.5 Å². The molecule has 0 aromatic heterocycles. The van der Waals surface area contributed by atoms with Crippen LogP contribution in [0.1, 0.15) is 15.9 Å². The Hall–Kier alpha value is -2.79. The summed E-state index contributed by atoms with van der Waals surface area (Å²) in [5.41, 5.74) is -0.582. The number of rotatable bonds is 5. The predicted molar refractivity (Wildman–Crippen MR) is 129 cm³/mol. The van der Waals surface area contributed by atoms with Crippen molar-refractivity contribution in [1.29, 1.82) is 0 Å². The molecule has 0 atom stereocenters. The van der Waals surface area contributed by atoms with Crippen molar-refractivity contribution in [2.45, 2.75) is 11.1 Å². The molecule has 0 saturated carbocycles. The van der Waals surface area contributed by atoms with E-state index in [9.17, 15) is 26.4 Å². The summed E-state index contributed by atoms with van der Waals surface area (Å²) in [6, 6.07) is 14.6. The Labute approximate surface area is 215 Å². The third-order valence-corrected chi connectivity index (χ3v) is 8.17. The van der Waals surface area contributed by atoms with E-state index < -0.39 is 21.8 Å². The maximum absolute atomic E-state index is 13.0. The highest BCUT2D eigenvalue weighted by atomic mass is 35.5. The average molecular weight is 559 g/mol. The van der Waals surface area contributed by atoms with E-state index in [4.69, 9.17) is 27.9 Å². The van der Waals surface area contributed by atoms with Crippen molar-refractivity contribution in [3.63, 3.8) is 0 Å². The Morgan fingerprint density at radius 1 is 0.833 bits per heavy atom. The van der Waals surface area contributed by atoms with Gasteiger partial charge in [-0.1, -0.05) is 35.3 Å². The Bertz CT molecular complexity index is 1390. The van der Waals surface area contributed by atoms with Crippen molar-refractivity contribution in [2.24, 2.45) is 0 Å². The highest BCUT2D eigenvalue weighted by Gasteiger charge is 2.32. The smallest absolute Gasteiger partial charge is 0.416 e. The third-order valence-electron chi connectivity index (χ3n) is 5.53. The summed E-state index contributed by atoms with van der Waals surface area (Å²) in [6.45, 7) is 0.458. The molecule has 1 amide bonds. The first-order chi connectivity index (χ1) is 16.9. The van der Waals surface area contributed by atoms with Crippen LogP contribution in [-0.2, 0) is 16.2 Å². The number of amides is 1. The van der Waals surface area contributed by atoms with E-state index in [-0.39, 0.29) is 64.1 Å². The molecule has 6 nitrogen and oxygen atoms in total. The molecule has 12 heteroatoms. The van der Waals surface area contributed by atoms with Crippen LogP contribution >= 0.6 is 23.2 Å². The molecule has 0 unspecified atom stereocenters. The molecular formula is C24H19Cl2F3N2O4S. The van der Waals surface area contributed by atoms with Crippen molar-refractivity contribution in [3.05, 3.63) is 87.9 Å². The number of benzene rings is 3. The van der Waals surface area contributed by atoms with E-state index in [0.717, 1.165) is 12.1 Å². The predicted octanol–water partition coefficient (Wildman–Crippen LogP) is 5.95. The number of ether oxygens (including phenoxy) is 1. The number of piperazine rings is 1. The zero-order valence-corrected chi connectivity index (χ0v) is 20.8. The number of hydrogen-bond donors (Lipinski definition) is 0. The highest BCUT2D eigenvalue weighted by Crippen LogP contribution is 2.33. The van der Waals surface area contributed by atoms with Gasteiger partial charge in [0.05, 0.1) is 20.5 Å². The number of alkyl halides is 3. The van der Waals surface area contributed by atoms with Crippen molar-refractivity contribution >= 4 is 39.1 Å². The Morgan fingerprint density at radius 3 is 2.11 bits per heavy atom. The lowest BCUT2D eigenvalue weighted by Gasteiger charge is -2.34. The number of carbonyl (C=O) groups is 1. The van der Waals surface area contributed by atoms with Crippen molar-refractivity contribution in [3.8, 4) is 11.5 Å². The first kappa shape index (κ1) is 26.3. The summed E-state index contributed by atoms with van der Waals surface area (Å²) < 4.78 is 71.5. The molecule has 3 aromatic rings. The lowest BCUT2D eigenvalue weighted by Crippen LogP contribution is -2.50. The van der Waals surface area contributed by atoms with Gasteiger partial charge in [-0.3, -0.25) is 4.79 Å². The molecule has 1 saturated heterocycles. The molecule has 1 heterocycles. The van der Waals surface area contributed by atoms with E-state index in [1.807, 2.05) is 0 Å². The van der Waals surface area contributed by atoms with Gasteiger partial charge in [-0.25, -0.2) is 8.42 Å². The summed E-state index contributed by atoms with van der Waals surface area (Å²) >= 11 is 11.8. The summed E-state index contributed by atoms with van der Waals surface area (Å²) in [5.74, 6) is -0.173. The molecule has 1 aliphatic heterocycles. The van der Waals surface area contributed by atoms with Crippen LogP contribution in [0.2, 0.25) is 10.0 Å². The molecule has 0 bridgehead atoms. The van der Waals surface area contributed by atoms with Gasteiger partial charge >= 0.3 is 6.18 Å². The minimum Gasteiger partial charge on any atom is -0.457 e. The van der Waals surface area contributed by atoms with Crippen LogP contribution in [0.25, 0.3) is 0 Å². The molecule has 3 aromatic carbocycles. The van der Waals surface area contributed by atoms with Crippen LogP contribution in [0, 0.1) is 0 Å². The van der Waals surface area contributed by atoms with Crippen molar-refractivity contribution in [2.75, 3.05) is 26.2 Å². The molecule has 0 radical (unpaired) electrons. The van der Waals surface area contributed by atoms with Gasteiger partial charge in [0.25, 0.3) is 5.91 Å². The maximum Gasteiger partial charge on any atom is 0.416 e. The normalized spacial score (nSPS) is 15.1. The fourth-order valence-corrected chi connectivity index (χ4v) is 5.48. The second kappa shape index (κ2) is 10.3. The van der Waals surface area contributed by atoms with Crippen LogP contribution in [-0.4, -0.2) is 49.7 Å². The Balaban J connectivity index is 1.43. The summed E-state index contributed by atoms with van der Waals surface area (Å²) in [7, 11) is -3.82. The standard InChI is InChI=1S/C24H19Cl2F3N2O4S/c25-21-8-7-20(15-22(21)26)36(33,34)31-11-9-30(10-12-31)23(32)16-3-1-5-18(13-16)35-19-6-2-4-17(14-19)24(27,28)29/h1-8,13-15H,9-12H2.